The van der Waals surface area contributed by atoms with Crippen molar-refractivity contribution in [2.45, 2.75) is 19.8 Å². The van der Waals surface area contributed by atoms with Gasteiger partial charge in [-0.2, -0.15) is 0 Å². The number of rotatable bonds is 4. The molecule has 1 aromatic carbocycles. The zero-order chi connectivity index (χ0) is 17.0. The maximum Gasteiger partial charge on any atom is 0.254 e. The second kappa shape index (κ2) is 7.13. The van der Waals surface area contributed by atoms with Gasteiger partial charge in [-0.15, -0.1) is 0 Å². The molecule has 0 unspecified atom stereocenters. The molecule has 0 saturated carbocycles. The highest BCUT2D eigenvalue weighted by Gasteiger charge is 2.25. The van der Waals surface area contributed by atoms with E-state index in [2.05, 4.69) is 0 Å². The number of hydrogen-bond donors (Lipinski definition) is 2. The molecule has 2 N–H and O–H groups in total. The van der Waals surface area contributed by atoms with Gasteiger partial charge in [0.25, 0.3) is 5.91 Å². The van der Waals surface area contributed by atoms with Crippen LogP contribution in [-0.4, -0.2) is 63.8 Å². The average Bonchev–Trinajstić information content (AvgIpc) is 2.51. The molecule has 1 heterocycles. The van der Waals surface area contributed by atoms with Crippen molar-refractivity contribution in [1.82, 2.24) is 9.80 Å². The van der Waals surface area contributed by atoms with Gasteiger partial charge in [-0.1, -0.05) is 0 Å². The Bertz CT molecular complexity index is 601. The predicted molar refractivity (Wildman–Crippen MR) is 82.2 cm³/mol. The van der Waals surface area contributed by atoms with Crippen molar-refractivity contribution in [3.8, 4) is 11.5 Å². The van der Waals surface area contributed by atoms with E-state index in [1.807, 2.05) is 0 Å². The van der Waals surface area contributed by atoms with E-state index in [0.717, 1.165) is 6.07 Å². The monoisotopic (exact) mass is 320 g/mol. The van der Waals surface area contributed by atoms with E-state index in [1.54, 1.807) is 9.80 Å². The van der Waals surface area contributed by atoms with Crippen LogP contribution in [0.2, 0.25) is 0 Å². The molecule has 7 heteroatoms. The van der Waals surface area contributed by atoms with Crippen LogP contribution in [0.5, 0.6) is 11.5 Å². The van der Waals surface area contributed by atoms with Crippen LogP contribution in [0.15, 0.2) is 18.2 Å². The summed E-state index contributed by atoms with van der Waals surface area (Å²) in [5.74, 6) is -0.747. The zero-order valence-corrected chi connectivity index (χ0v) is 13.0. The third kappa shape index (κ3) is 4.45. The minimum Gasteiger partial charge on any atom is -0.508 e. The van der Waals surface area contributed by atoms with Crippen molar-refractivity contribution in [3.05, 3.63) is 23.8 Å². The highest BCUT2D eigenvalue weighted by molar-refractivity contribution is 5.95. The van der Waals surface area contributed by atoms with Crippen LogP contribution in [0.4, 0.5) is 0 Å². The van der Waals surface area contributed by atoms with Gasteiger partial charge in [0, 0.05) is 50.7 Å². The normalized spacial score (nSPS) is 14.7. The number of carbonyl (C=O) groups excluding carboxylic acids is 3. The summed E-state index contributed by atoms with van der Waals surface area (Å²) in [6.45, 7) is 3.03. The largest absolute Gasteiger partial charge is 0.508 e. The Kier molecular flexibility index (Phi) is 5.20. The van der Waals surface area contributed by atoms with Crippen LogP contribution in [-0.2, 0) is 9.59 Å². The number of Topliss-reactive ketones (excluding diaryl/α,β-unsaturated/α-hetero) is 1. The number of nitrogens with zero attached hydrogens (tertiary/aromatic N) is 2. The second-order valence-corrected chi connectivity index (χ2v) is 5.61. The van der Waals surface area contributed by atoms with Crippen LogP contribution in [0.1, 0.15) is 30.1 Å². The van der Waals surface area contributed by atoms with Crippen molar-refractivity contribution < 1.29 is 24.6 Å². The van der Waals surface area contributed by atoms with Crippen molar-refractivity contribution >= 4 is 17.6 Å². The van der Waals surface area contributed by atoms with Gasteiger partial charge >= 0.3 is 0 Å². The Morgan fingerprint density at radius 1 is 0.913 bits per heavy atom. The van der Waals surface area contributed by atoms with Gasteiger partial charge in [0.2, 0.25) is 5.91 Å². The molecule has 1 aliphatic rings. The molecule has 7 nitrogen and oxygen atoms in total. The minimum absolute atomic E-state index is 0.0177. The summed E-state index contributed by atoms with van der Waals surface area (Å²) < 4.78 is 0. The zero-order valence-electron chi connectivity index (χ0n) is 13.0. The molecule has 1 saturated heterocycles. The highest BCUT2D eigenvalue weighted by atomic mass is 16.3. The Labute approximate surface area is 134 Å². The molecule has 0 bridgehead atoms. The minimum atomic E-state index is -0.299. The first-order valence-corrected chi connectivity index (χ1v) is 7.46. The summed E-state index contributed by atoms with van der Waals surface area (Å²) in [6, 6.07) is 3.75. The predicted octanol–water partition coefficient (Wildman–Crippen LogP) is 0.751. The van der Waals surface area contributed by atoms with Gasteiger partial charge < -0.3 is 24.8 Å². The highest BCUT2D eigenvalue weighted by Crippen LogP contribution is 2.22. The first-order valence-electron chi connectivity index (χ1n) is 7.46. The van der Waals surface area contributed by atoms with Crippen LogP contribution in [0, 0.1) is 0 Å². The van der Waals surface area contributed by atoms with Crippen molar-refractivity contribution in [2.24, 2.45) is 0 Å². The van der Waals surface area contributed by atoms with Crippen LogP contribution in [0.25, 0.3) is 0 Å². The first-order chi connectivity index (χ1) is 10.9. The molecular weight excluding hydrogens is 300 g/mol. The van der Waals surface area contributed by atoms with E-state index >= 15 is 0 Å². The van der Waals surface area contributed by atoms with Gasteiger partial charge in [-0.25, -0.2) is 0 Å². The molecule has 2 amide bonds. The number of hydrogen-bond acceptors (Lipinski definition) is 5. The molecule has 0 radical (unpaired) electrons. The molecule has 1 aromatic rings. The van der Waals surface area contributed by atoms with Gasteiger partial charge in [0.15, 0.2) is 0 Å². The molecule has 1 fully saturated rings. The SMILES string of the molecule is CC(=O)CCC(=O)N1CCN(C(=O)c2cc(O)cc(O)c2)CC1. The Hall–Kier alpha value is -2.57. The van der Waals surface area contributed by atoms with Crippen molar-refractivity contribution in [3.63, 3.8) is 0 Å². The maximum atomic E-state index is 12.4. The van der Waals surface area contributed by atoms with E-state index in [1.165, 1.54) is 19.1 Å². The molecule has 124 valence electrons. The molecule has 0 aliphatic carbocycles. The Morgan fingerprint density at radius 2 is 1.43 bits per heavy atom. The topological polar surface area (TPSA) is 98.2 Å². The lowest BCUT2D eigenvalue weighted by Gasteiger charge is -2.34. The van der Waals surface area contributed by atoms with E-state index < -0.39 is 0 Å². The number of ketones is 1. The van der Waals surface area contributed by atoms with E-state index in [4.69, 9.17) is 0 Å². The Balaban J connectivity index is 1.92. The fraction of sp³-hybridized carbons (Fsp3) is 0.438. The number of phenols is 2. The van der Waals surface area contributed by atoms with Gasteiger partial charge in [-0.05, 0) is 19.1 Å². The van der Waals surface area contributed by atoms with Crippen molar-refractivity contribution in [1.29, 1.82) is 0 Å². The first kappa shape index (κ1) is 16.8. The molecule has 0 spiro atoms. The third-order valence-corrected chi connectivity index (χ3v) is 3.76. The quantitative estimate of drug-likeness (QED) is 0.853. The molecule has 23 heavy (non-hydrogen) atoms. The lowest BCUT2D eigenvalue weighted by Crippen LogP contribution is -2.50. The van der Waals surface area contributed by atoms with Gasteiger partial charge in [0.05, 0.1) is 0 Å². The molecule has 0 atom stereocenters. The van der Waals surface area contributed by atoms with E-state index in [-0.39, 0.29) is 47.5 Å². The van der Waals surface area contributed by atoms with Crippen molar-refractivity contribution in [2.75, 3.05) is 26.2 Å². The Morgan fingerprint density at radius 3 is 1.96 bits per heavy atom. The number of carbonyl (C=O) groups is 3. The van der Waals surface area contributed by atoms with Gasteiger partial charge in [-0.3, -0.25) is 9.59 Å². The third-order valence-electron chi connectivity index (χ3n) is 3.76. The average molecular weight is 320 g/mol. The fourth-order valence-corrected chi connectivity index (χ4v) is 2.50. The van der Waals surface area contributed by atoms with E-state index in [0.29, 0.717) is 26.2 Å². The smallest absolute Gasteiger partial charge is 0.254 e. The number of amides is 2. The van der Waals surface area contributed by atoms with Crippen LogP contribution in [0.3, 0.4) is 0 Å². The summed E-state index contributed by atoms with van der Waals surface area (Å²) in [5, 5.41) is 18.9. The number of benzene rings is 1. The lowest BCUT2D eigenvalue weighted by atomic mass is 10.1. The fourth-order valence-electron chi connectivity index (χ4n) is 2.50. The summed E-state index contributed by atoms with van der Waals surface area (Å²) in [5.41, 5.74) is 0.207. The number of phenolic OH excluding ortho intramolecular Hbond substituents is 2. The second-order valence-electron chi connectivity index (χ2n) is 5.61. The van der Waals surface area contributed by atoms with E-state index in [9.17, 15) is 24.6 Å². The number of aromatic hydroxyl groups is 2. The maximum absolute atomic E-state index is 12.4. The molecule has 0 aromatic heterocycles. The molecule has 2 rings (SSSR count). The summed E-state index contributed by atoms with van der Waals surface area (Å²) in [7, 11) is 0. The summed E-state index contributed by atoms with van der Waals surface area (Å²) in [4.78, 5) is 38.4. The molecule has 1 aliphatic heterocycles. The molecular formula is C16H20N2O5. The number of piperazine rings is 1. The van der Waals surface area contributed by atoms with Crippen LogP contribution >= 0.6 is 0 Å². The van der Waals surface area contributed by atoms with Crippen LogP contribution < -0.4 is 0 Å². The van der Waals surface area contributed by atoms with Gasteiger partial charge in [0.1, 0.15) is 17.3 Å². The standard InChI is InChI=1S/C16H20N2O5/c1-11(19)2-3-15(22)17-4-6-18(7-5-17)16(23)12-8-13(20)10-14(21)9-12/h8-10,20-21H,2-7H2,1H3. The summed E-state index contributed by atoms with van der Waals surface area (Å²) >= 11 is 0. The summed E-state index contributed by atoms with van der Waals surface area (Å²) in [6.07, 6.45) is 0.435. The lowest BCUT2D eigenvalue weighted by molar-refractivity contribution is -0.134.